The second-order valence-corrected chi connectivity index (χ2v) is 14.4. The summed E-state index contributed by atoms with van der Waals surface area (Å²) in [5.74, 6) is 7.05. The van der Waals surface area contributed by atoms with E-state index in [1.54, 1.807) is 42.7 Å². The van der Waals surface area contributed by atoms with Gasteiger partial charge in [-0.2, -0.15) is 0 Å². The van der Waals surface area contributed by atoms with Crippen molar-refractivity contribution in [3.63, 3.8) is 0 Å². The molecule has 3 atom stereocenters. The molecule has 0 saturated carbocycles. The molecule has 3 N–H and O–H groups in total. The van der Waals surface area contributed by atoms with Crippen molar-refractivity contribution in [2.45, 2.75) is 56.3 Å². The Kier molecular flexibility index (Phi) is 21.5. The first kappa shape index (κ1) is 46.0. The van der Waals surface area contributed by atoms with Crippen molar-refractivity contribution in [1.82, 2.24) is 16.0 Å². The first-order chi connectivity index (χ1) is 24.4. The highest BCUT2D eigenvalue weighted by atomic mass is 79.9. The summed E-state index contributed by atoms with van der Waals surface area (Å²) in [6.07, 6.45) is 7.28. The van der Waals surface area contributed by atoms with Gasteiger partial charge in [0.15, 0.2) is 0 Å². The van der Waals surface area contributed by atoms with E-state index in [2.05, 4.69) is 66.0 Å². The Morgan fingerprint density at radius 3 is 1.13 bits per heavy atom. The van der Waals surface area contributed by atoms with Crippen molar-refractivity contribution in [3.8, 4) is 34.5 Å². The molecule has 3 fully saturated rings. The van der Waals surface area contributed by atoms with Gasteiger partial charge in [-0.25, -0.2) is 0 Å². The van der Waals surface area contributed by atoms with E-state index >= 15 is 0 Å². The van der Waals surface area contributed by atoms with Crippen LogP contribution in [-0.4, -0.2) is 81.9 Å². The number of hydrogen-bond donors (Lipinski definition) is 3. The second-order valence-electron chi connectivity index (χ2n) is 12.7. The fourth-order valence-electron chi connectivity index (χ4n) is 6.92. The van der Waals surface area contributed by atoms with Crippen LogP contribution in [0.25, 0.3) is 0 Å². The van der Waals surface area contributed by atoms with Crippen molar-refractivity contribution < 1.29 is 28.4 Å². The Hall–Kier alpha value is -2.12. The summed E-state index contributed by atoms with van der Waals surface area (Å²) < 4.78 is 34.2. The monoisotopic (exact) mass is 891 g/mol. The summed E-state index contributed by atoms with van der Waals surface area (Å²) in [7, 11) is 10.2. The molecule has 1 unspecified atom stereocenters. The molecule has 0 bridgehead atoms. The summed E-state index contributed by atoms with van der Waals surface area (Å²) in [5.41, 5.74) is 3.73. The molecule has 3 aliphatic rings. The van der Waals surface area contributed by atoms with Gasteiger partial charge < -0.3 is 44.4 Å². The molecule has 3 aromatic rings. The van der Waals surface area contributed by atoms with Crippen LogP contribution in [0.2, 0.25) is 0 Å². The molecular weight excluding hydrogens is 837 g/mol. The zero-order valence-electron chi connectivity index (χ0n) is 31.3. The van der Waals surface area contributed by atoms with Crippen molar-refractivity contribution in [1.29, 1.82) is 0 Å². The molecule has 3 aliphatic heterocycles. The Morgan fingerprint density at radius 1 is 0.462 bits per heavy atom. The van der Waals surface area contributed by atoms with Crippen LogP contribution in [0.1, 0.15) is 73.0 Å². The van der Waals surface area contributed by atoms with Crippen LogP contribution in [0.15, 0.2) is 51.4 Å². The van der Waals surface area contributed by atoms with Gasteiger partial charge in [-0.05, 0) is 132 Å². The van der Waals surface area contributed by atoms with E-state index in [0.29, 0.717) is 17.8 Å². The zero-order valence-corrected chi connectivity index (χ0v) is 36.1. The van der Waals surface area contributed by atoms with Crippen LogP contribution in [0, 0.1) is 0 Å². The van der Waals surface area contributed by atoms with Gasteiger partial charge in [0.2, 0.25) is 0 Å². The maximum Gasteiger partial charge on any atom is 0.133 e. The highest BCUT2D eigenvalue weighted by Crippen LogP contribution is 2.40. The third-order valence-corrected chi connectivity index (χ3v) is 10.9. The van der Waals surface area contributed by atoms with E-state index in [0.717, 1.165) is 82.7 Å². The van der Waals surface area contributed by atoms with E-state index in [1.807, 2.05) is 24.3 Å². The molecule has 0 spiro atoms. The molecule has 3 aromatic carbocycles. The summed E-state index contributed by atoms with van der Waals surface area (Å²) in [5, 5.41) is 10.3. The molecule has 3 saturated heterocycles. The minimum atomic E-state index is 0. The van der Waals surface area contributed by atoms with Gasteiger partial charge in [0.05, 0.1) is 51.6 Å². The molecule has 0 aliphatic carbocycles. The fourth-order valence-corrected chi connectivity index (χ4v) is 7.88. The highest BCUT2D eigenvalue weighted by Gasteiger charge is 2.23. The number of methoxy groups -OCH3 is 6. The number of rotatable bonds is 9. The largest absolute Gasteiger partial charge is 0.497 e. The van der Waals surface area contributed by atoms with Gasteiger partial charge in [-0.1, -0.05) is 0 Å². The van der Waals surface area contributed by atoms with E-state index in [4.69, 9.17) is 28.4 Å². The minimum absolute atomic E-state index is 0. The first-order valence-corrected chi connectivity index (χ1v) is 19.1. The lowest BCUT2D eigenvalue weighted by atomic mass is 9.91. The number of hydrogen-bond acceptors (Lipinski definition) is 9. The van der Waals surface area contributed by atoms with Crippen LogP contribution in [0.3, 0.4) is 0 Å². The molecule has 6 rings (SSSR count). The van der Waals surface area contributed by atoms with Crippen molar-refractivity contribution >= 4 is 56.7 Å². The van der Waals surface area contributed by atoms with E-state index in [-0.39, 0.29) is 24.8 Å². The number of halogens is 4. The molecule has 0 aromatic heterocycles. The summed E-state index contributed by atoms with van der Waals surface area (Å²) in [4.78, 5) is 0. The van der Waals surface area contributed by atoms with Gasteiger partial charge in [0.1, 0.15) is 34.5 Å². The summed E-state index contributed by atoms with van der Waals surface area (Å²) in [6.45, 7) is 6.42. The van der Waals surface area contributed by atoms with Crippen LogP contribution in [0.5, 0.6) is 34.5 Å². The van der Waals surface area contributed by atoms with Gasteiger partial charge >= 0.3 is 0 Å². The van der Waals surface area contributed by atoms with E-state index in [9.17, 15) is 0 Å². The van der Waals surface area contributed by atoms with Crippen LogP contribution in [-0.2, 0) is 0 Å². The van der Waals surface area contributed by atoms with Gasteiger partial charge in [-0.3, -0.25) is 0 Å². The lowest BCUT2D eigenvalue weighted by Gasteiger charge is -2.25. The molecule has 52 heavy (non-hydrogen) atoms. The quantitative estimate of drug-likeness (QED) is 0.195. The third-order valence-electron chi connectivity index (χ3n) is 9.66. The fraction of sp³-hybridized carbons (Fsp3) is 0.538. The van der Waals surface area contributed by atoms with Crippen LogP contribution < -0.4 is 44.4 Å². The van der Waals surface area contributed by atoms with Gasteiger partial charge in [0, 0.05) is 54.1 Å². The highest BCUT2D eigenvalue weighted by molar-refractivity contribution is 9.11. The Morgan fingerprint density at radius 2 is 0.827 bits per heavy atom. The van der Waals surface area contributed by atoms with Gasteiger partial charge in [0.25, 0.3) is 0 Å². The van der Waals surface area contributed by atoms with Crippen molar-refractivity contribution in [3.05, 3.63) is 68.1 Å². The van der Waals surface area contributed by atoms with Crippen LogP contribution >= 0.6 is 56.7 Å². The molecule has 292 valence electrons. The maximum absolute atomic E-state index is 5.47. The zero-order chi connectivity index (χ0) is 35.9. The molecule has 0 amide bonds. The predicted octanol–water partition coefficient (Wildman–Crippen LogP) is 8.88. The molecular formula is C39H57Br2Cl2N3O6. The molecule has 3 heterocycles. The summed E-state index contributed by atoms with van der Waals surface area (Å²) in [6, 6.07) is 14.2. The van der Waals surface area contributed by atoms with E-state index in [1.165, 1.54) is 55.2 Å². The van der Waals surface area contributed by atoms with Gasteiger partial charge in [-0.15, -0.1) is 24.8 Å². The van der Waals surface area contributed by atoms with E-state index < -0.39 is 0 Å². The number of ether oxygens (including phenoxy) is 6. The predicted molar refractivity (Wildman–Crippen MR) is 223 cm³/mol. The molecule has 9 nitrogen and oxygen atoms in total. The standard InChI is InChI=1S/2C13H18BrNO2.C13H19NO2.2ClH/c2*1-16-12-7-11(14)13(17-2)6-10(12)9-4-3-5-15-8-9;1-15-11-5-6-13(16-2)12(8-11)10-4-3-7-14-9-10;;/h2*6-7,9,15H,3-5,8H2,1-2H3;5-6,8,10,14H,3-4,7,9H2,1-2H3;2*1H/t2*9-;;;/m10.../s1. The summed E-state index contributed by atoms with van der Waals surface area (Å²) >= 11 is 6.97. The van der Waals surface area contributed by atoms with Crippen molar-refractivity contribution in [2.24, 2.45) is 0 Å². The Balaban J connectivity index is 0.000000265. The van der Waals surface area contributed by atoms with Crippen LogP contribution in [0.4, 0.5) is 0 Å². The van der Waals surface area contributed by atoms with Crippen molar-refractivity contribution in [2.75, 3.05) is 81.9 Å². The third kappa shape index (κ3) is 12.7. The minimum Gasteiger partial charge on any atom is -0.497 e. The number of benzene rings is 3. The second kappa shape index (κ2) is 24.3. The smallest absolute Gasteiger partial charge is 0.133 e. The molecule has 0 radical (unpaired) electrons. The lowest BCUT2D eigenvalue weighted by molar-refractivity contribution is 0.382. The first-order valence-electron chi connectivity index (χ1n) is 17.5. The number of piperidine rings is 3. The number of nitrogens with one attached hydrogen (secondary N) is 3. The average molecular weight is 895 g/mol. The molecule has 13 heteroatoms. The SMILES string of the molecule is COc1cc([C@@H]2CCCNC2)c(OC)cc1Br.COc1cc([C@H]2CCCNC2)c(OC)cc1Br.COc1ccc(OC)c(C2CCCNC2)c1.Cl.Cl. The normalized spacial score (nSPS) is 19.4. The Labute approximate surface area is 340 Å². The lowest BCUT2D eigenvalue weighted by Crippen LogP contribution is -2.28. The average Bonchev–Trinajstić information content (AvgIpc) is 3.18. The Bertz CT molecular complexity index is 1410. The topological polar surface area (TPSA) is 91.5 Å². The maximum atomic E-state index is 5.47.